The van der Waals surface area contributed by atoms with Crippen LogP contribution in [-0.2, 0) is 91.4 Å². The normalized spacial score (nSPS) is 21.0. The number of hydrogen-bond donors (Lipinski definition) is 0. The summed E-state index contributed by atoms with van der Waals surface area (Å²) in [5, 5.41) is 14.3. The minimum atomic E-state index is -4.79. The van der Waals surface area contributed by atoms with Gasteiger partial charge in [0.2, 0.25) is 17.7 Å². The van der Waals surface area contributed by atoms with Crippen LogP contribution < -0.4 is 29.4 Å². The lowest BCUT2D eigenvalue weighted by atomic mass is 9.91. The quantitative estimate of drug-likeness (QED) is 0.0768. The van der Waals surface area contributed by atoms with E-state index >= 15 is 22.8 Å². The topological polar surface area (TPSA) is 255 Å². The van der Waals surface area contributed by atoms with Crippen LogP contribution in [0.4, 0.5) is 74.0 Å². The van der Waals surface area contributed by atoms with E-state index in [2.05, 4.69) is 25.1 Å². The highest BCUT2D eigenvalue weighted by Crippen LogP contribution is 2.55. The third-order valence-electron chi connectivity index (χ3n) is 26.5. The van der Waals surface area contributed by atoms with Gasteiger partial charge >= 0.3 is 18.5 Å². The maximum absolute atomic E-state index is 15.6. The molecule has 27 nitrogen and oxygen atoms in total. The number of anilines is 6. The van der Waals surface area contributed by atoms with Crippen molar-refractivity contribution in [2.75, 3.05) is 49.0 Å². The van der Waals surface area contributed by atoms with Crippen molar-refractivity contribution in [2.24, 2.45) is 23.7 Å². The van der Waals surface area contributed by atoms with E-state index in [1.54, 1.807) is 88.5 Å². The minimum Gasteiger partial charge on any atom is -0.341 e. The van der Waals surface area contributed by atoms with Crippen LogP contribution >= 0.6 is 11.6 Å². The van der Waals surface area contributed by atoms with Gasteiger partial charge in [0.25, 0.3) is 0 Å². The van der Waals surface area contributed by atoms with Crippen LogP contribution in [0.15, 0.2) is 110 Å². The molecule has 15 heterocycles. The molecule has 0 N–H and O–H groups in total. The van der Waals surface area contributed by atoms with E-state index < -0.39 is 47.7 Å². The molecule has 4 aliphatic carbocycles. The average Bonchev–Trinajstić information content (AvgIpc) is 1.55. The second-order valence-corrected chi connectivity index (χ2v) is 36.4. The second kappa shape index (κ2) is 29.1. The summed E-state index contributed by atoms with van der Waals surface area (Å²) in [6, 6.07) is 15.9. The minimum absolute atomic E-state index is 0.00535. The van der Waals surface area contributed by atoms with Crippen LogP contribution in [0.5, 0.6) is 0 Å². The van der Waals surface area contributed by atoms with Gasteiger partial charge in [-0.1, -0.05) is 66.2 Å². The Morgan fingerprint density at radius 1 is 0.452 bits per heavy atom. The van der Waals surface area contributed by atoms with E-state index in [4.69, 9.17) is 46.6 Å². The van der Waals surface area contributed by atoms with E-state index in [0.717, 1.165) is 83.3 Å². The smallest absolute Gasteiger partial charge is 0.341 e. The van der Waals surface area contributed by atoms with Gasteiger partial charge in [0.15, 0.2) is 52.0 Å². The van der Waals surface area contributed by atoms with Gasteiger partial charge in [0, 0.05) is 105 Å². The lowest BCUT2D eigenvalue weighted by molar-refractivity contribution is -0.141. The van der Waals surface area contributed by atoms with E-state index in [-0.39, 0.29) is 135 Å². The van der Waals surface area contributed by atoms with Crippen molar-refractivity contribution in [2.45, 2.75) is 200 Å². The predicted octanol–water partition coefficient (Wildman–Crippen LogP) is 15.8. The molecule has 0 spiro atoms. The van der Waals surface area contributed by atoms with Crippen molar-refractivity contribution in [3.63, 3.8) is 0 Å². The monoisotopic (exact) mass is 1740 g/mol. The van der Waals surface area contributed by atoms with Gasteiger partial charge in [-0.15, -0.1) is 0 Å². The third-order valence-corrected chi connectivity index (χ3v) is 26.8. The maximum Gasteiger partial charge on any atom is 0.434 e. The fraction of sp³-hybridized carbons (Fsp3) is 0.427. The Morgan fingerprint density at radius 3 is 1.32 bits per heavy atom. The van der Waals surface area contributed by atoms with Crippen molar-refractivity contribution in [1.82, 2.24) is 87.9 Å². The van der Waals surface area contributed by atoms with E-state index in [9.17, 15) is 31.1 Å². The van der Waals surface area contributed by atoms with E-state index in [0.29, 0.717) is 141 Å². The summed E-state index contributed by atoms with van der Waals surface area (Å²) in [5.41, 5.74) is 8.14. The summed E-state index contributed by atoms with van der Waals surface area (Å²) in [4.78, 5) is 99.1. The number of aromatic nitrogens is 18. The fourth-order valence-corrected chi connectivity index (χ4v) is 20.5. The van der Waals surface area contributed by atoms with Crippen LogP contribution in [0, 0.1) is 37.5 Å². The Hall–Kier alpha value is -12.4. The van der Waals surface area contributed by atoms with Crippen molar-refractivity contribution < 1.29 is 53.9 Å². The van der Waals surface area contributed by atoms with E-state index in [1.165, 1.54) is 0 Å². The average molecular weight is 1740 g/mol. The molecule has 9 aromatic heterocycles. The molecular weight excluding hydrogens is 1660 g/mol. The number of nitrogens with zero attached hydrogens (tertiary/aromatic N) is 24. The molecule has 37 heteroatoms. The molecule has 4 saturated carbocycles. The van der Waals surface area contributed by atoms with Gasteiger partial charge in [-0.05, 0) is 174 Å². The lowest BCUT2D eigenvalue weighted by Gasteiger charge is -2.37. The van der Waals surface area contributed by atoms with Gasteiger partial charge in [-0.25, -0.2) is 44.9 Å². The Bertz CT molecular complexity index is 6500. The Morgan fingerprint density at radius 2 is 0.849 bits per heavy atom. The van der Waals surface area contributed by atoms with Gasteiger partial charge in [-0.2, -0.15) is 54.8 Å². The molecule has 6 aliphatic heterocycles. The van der Waals surface area contributed by atoms with Gasteiger partial charge in [-0.3, -0.25) is 28.4 Å². The van der Waals surface area contributed by atoms with Crippen LogP contribution in [-0.4, -0.2) is 143 Å². The Balaban J connectivity index is 0.570. The number of benzene rings is 3. The van der Waals surface area contributed by atoms with Crippen LogP contribution in [0.25, 0.3) is 68.7 Å². The zero-order valence-corrected chi connectivity index (χ0v) is 70.1. The molecule has 648 valence electrons. The zero-order valence-electron chi connectivity index (χ0n) is 69.3. The molecule has 6 unspecified atom stereocenters. The molecule has 3 amide bonds. The van der Waals surface area contributed by atoms with Crippen LogP contribution in [0.3, 0.4) is 0 Å². The second-order valence-electron chi connectivity index (χ2n) is 36.0. The SMILES string of the molecule is Cc1cnn(C(C)C)c1-c1ncc2c(n1)N(Cc1ccc3c(c1)CCCn1cc(C(F)(F)F)nc1-3)CC(=O)N2C1CC1C1Cc2cc(CN3CC(=O)N(C4CC4C4Cc5cc(CN6CC(=O)N(C7CC7)c7cnc(-c8c(Cl)cnn8C(C)C)nc76)ccc5-c5nc(C(F)(F)F)cn5C4)c4cnc(-c5c(C)cnn5C5CC5)nc43)ccc2-c2nc(C(F)(F)F)cn2C1. The Kier molecular flexibility index (Phi) is 18.4. The summed E-state index contributed by atoms with van der Waals surface area (Å²) >= 11 is 6.77. The van der Waals surface area contributed by atoms with Crippen molar-refractivity contribution >= 4 is 63.8 Å². The first-order valence-electron chi connectivity index (χ1n) is 42.8. The number of hydrogen-bond acceptors (Lipinski definition) is 18. The molecule has 12 aromatic rings. The molecule has 0 bridgehead atoms. The largest absolute Gasteiger partial charge is 0.434 e. The number of fused-ring (bicyclic) bond motifs is 12. The van der Waals surface area contributed by atoms with Crippen molar-refractivity contribution in [1.29, 1.82) is 0 Å². The number of carbonyl (C=O) groups excluding carboxylic acids is 3. The van der Waals surface area contributed by atoms with Gasteiger partial charge in [0.1, 0.15) is 51.6 Å². The molecule has 4 fully saturated rings. The highest BCUT2D eigenvalue weighted by Gasteiger charge is 2.55. The molecule has 126 heavy (non-hydrogen) atoms. The van der Waals surface area contributed by atoms with Crippen molar-refractivity contribution in [3.05, 3.63) is 177 Å². The summed E-state index contributed by atoms with van der Waals surface area (Å²) in [6.07, 6.45) is 5.45. The van der Waals surface area contributed by atoms with E-state index in [1.807, 2.05) is 102 Å². The first-order valence-corrected chi connectivity index (χ1v) is 43.2. The number of rotatable bonds is 17. The van der Waals surface area contributed by atoms with Crippen molar-refractivity contribution in [3.8, 4) is 68.7 Å². The summed E-state index contributed by atoms with van der Waals surface area (Å²) in [5.74, 6) is 1.22. The Labute approximate surface area is 720 Å². The number of halogens is 10. The molecule has 10 aliphatic rings. The van der Waals surface area contributed by atoms with Crippen LogP contribution in [0.2, 0.25) is 5.02 Å². The highest BCUT2D eigenvalue weighted by molar-refractivity contribution is 6.32. The van der Waals surface area contributed by atoms with Crippen LogP contribution in [0.1, 0.15) is 152 Å². The molecule has 0 saturated heterocycles. The summed E-state index contributed by atoms with van der Waals surface area (Å²) < 4.78 is 142. The summed E-state index contributed by atoms with van der Waals surface area (Å²) in [6.45, 7) is 12.6. The maximum atomic E-state index is 15.6. The zero-order chi connectivity index (χ0) is 86.9. The number of aryl methyl sites for hydroxylation is 4. The number of imidazole rings is 3. The summed E-state index contributed by atoms with van der Waals surface area (Å²) in [7, 11) is 0. The first-order chi connectivity index (χ1) is 60.4. The third kappa shape index (κ3) is 13.8. The van der Waals surface area contributed by atoms with Gasteiger partial charge in [0.05, 0.1) is 67.9 Å². The standard InChI is InChI=1S/C89H84ClF9N24O3/c1-44(2)121-75(46(5)27-103-121)78-100-31-67-85(109-78)114(33-48-9-16-58-51(20-48)8-7-19-112-38-69(87(91,92)93)106-81(58)112)42-73(125)119(67)64-25-61(64)55-24-53-22-50(11-18-60(53)83-108-71(89(97,98)99)40-117(83)37-55)35-115-43-74(126)120(68-32-101-79(110-86(68)115)76-47(6)28-104-123(76)57-14-15-57)65-26-62(65)54-23-52-21-49(10-17-59(52)82-107-70(88(94,95)96)39-116(82)36-54)34-113-41-72(124)118(56-12-13-56)66-30-102-80(111-84(66)113)77-63(90)29-105-122(77)45(3)4/h9-11,16-18,20-22,27-32,38-40,44-45,54-57,61-62,64-65H,7-8,12-15,19,23-26,33-37,41-43H2,1-6H3. The molecule has 6 atom stereocenters. The van der Waals surface area contributed by atoms with Gasteiger partial charge < -0.3 is 43.1 Å². The number of carbonyl (C=O) groups is 3. The number of amides is 3. The lowest BCUT2D eigenvalue weighted by Crippen LogP contribution is -2.48. The molecular formula is C89H84ClF9N24O3. The predicted molar refractivity (Wildman–Crippen MR) is 446 cm³/mol. The molecule has 0 radical (unpaired) electrons. The number of alkyl halides is 9. The molecule has 22 rings (SSSR count). The first kappa shape index (κ1) is 79.5. The molecule has 3 aromatic carbocycles. The fourth-order valence-electron chi connectivity index (χ4n) is 20.3. The highest BCUT2D eigenvalue weighted by atomic mass is 35.5.